The zero-order valence-corrected chi connectivity index (χ0v) is 17.0. The highest BCUT2D eigenvalue weighted by Crippen LogP contribution is 2.29. The van der Waals surface area contributed by atoms with E-state index in [1.807, 2.05) is 13.8 Å². The van der Waals surface area contributed by atoms with Crippen molar-refractivity contribution in [1.29, 1.82) is 0 Å². The van der Waals surface area contributed by atoms with Gasteiger partial charge in [0.2, 0.25) is 0 Å². The minimum absolute atomic E-state index is 0.0401. The van der Waals surface area contributed by atoms with Gasteiger partial charge in [0, 0.05) is 37.1 Å². The van der Waals surface area contributed by atoms with E-state index in [-0.39, 0.29) is 29.9 Å². The Balaban J connectivity index is 1.57. The van der Waals surface area contributed by atoms with Gasteiger partial charge in [0.1, 0.15) is 11.5 Å². The van der Waals surface area contributed by atoms with E-state index in [1.54, 1.807) is 29.1 Å². The number of nitrogens with one attached hydrogen (secondary N) is 2. The van der Waals surface area contributed by atoms with Crippen molar-refractivity contribution in [3.05, 3.63) is 54.1 Å². The first kappa shape index (κ1) is 21.3. The predicted octanol–water partition coefficient (Wildman–Crippen LogP) is 2.93. The van der Waals surface area contributed by atoms with Gasteiger partial charge in [-0.1, -0.05) is 0 Å². The van der Waals surface area contributed by atoms with Crippen molar-refractivity contribution in [3.8, 4) is 5.82 Å². The number of aromatic nitrogens is 3. The molecule has 0 aromatic carbocycles. The topological polar surface area (TPSA) is 81.1 Å². The molecule has 31 heavy (non-hydrogen) atoms. The Kier molecular flexibility index (Phi) is 5.67. The van der Waals surface area contributed by atoms with Crippen LogP contribution in [0.5, 0.6) is 0 Å². The Hall–Kier alpha value is -2.98. The summed E-state index contributed by atoms with van der Waals surface area (Å²) in [6.45, 7) is 5.13. The van der Waals surface area contributed by atoms with Crippen molar-refractivity contribution in [2.24, 2.45) is 0 Å². The first-order chi connectivity index (χ1) is 14.7. The van der Waals surface area contributed by atoms with Gasteiger partial charge in [-0.25, -0.2) is 4.98 Å². The number of halogens is 3. The maximum atomic E-state index is 12.8. The summed E-state index contributed by atoms with van der Waals surface area (Å²) in [5.74, 6) is -0.0352. The lowest BCUT2D eigenvalue weighted by Crippen LogP contribution is -2.44. The molecule has 164 valence electrons. The van der Waals surface area contributed by atoms with Crippen LogP contribution in [0.4, 0.5) is 13.2 Å². The van der Waals surface area contributed by atoms with E-state index in [0.717, 1.165) is 17.6 Å². The quantitative estimate of drug-likeness (QED) is 0.647. The summed E-state index contributed by atoms with van der Waals surface area (Å²) in [5.41, 5.74) is -0.000663. The second kappa shape index (κ2) is 8.27. The highest BCUT2D eigenvalue weighted by Gasteiger charge is 2.31. The van der Waals surface area contributed by atoms with Crippen LogP contribution >= 0.6 is 0 Å². The van der Waals surface area contributed by atoms with Crippen LogP contribution in [0.3, 0.4) is 0 Å². The maximum Gasteiger partial charge on any atom is 0.417 e. The molecule has 1 fully saturated rings. The monoisotopic (exact) mass is 433 g/mol. The van der Waals surface area contributed by atoms with E-state index in [4.69, 9.17) is 4.74 Å². The SMILES string of the molecule is CC(C)O[C@@H]1CNC[C@H]1NC(=O)c1cc2c(ccn2-c2ccc(C(F)(F)F)cn2)cn1. The molecule has 7 nitrogen and oxygen atoms in total. The molecule has 2 N–H and O–H groups in total. The van der Waals surface area contributed by atoms with Crippen LogP contribution in [-0.4, -0.2) is 51.8 Å². The fraction of sp³-hybridized carbons (Fsp3) is 0.381. The van der Waals surface area contributed by atoms with Gasteiger partial charge < -0.3 is 19.9 Å². The molecule has 2 atom stereocenters. The molecule has 10 heteroatoms. The fourth-order valence-corrected chi connectivity index (χ4v) is 3.58. The molecule has 0 radical (unpaired) electrons. The van der Waals surface area contributed by atoms with Crippen molar-refractivity contribution in [2.75, 3.05) is 13.1 Å². The summed E-state index contributed by atoms with van der Waals surface area (Å²) in [7, 11) is 0. The molecule has 0 saturated carbocycles. The van der Waals surface area contributed by atoms with Crippen LogP contribution in [0.2, 0.25) is 0 Å². The molecular formula is C21H22F3N5O2. The highest BCUT2D eigenvalue weighted by molar-refractivity contribution is 5.96. The van der Waals surface area contributed by atoms with Crippen molar-refractivity contribution in [1.82, 2.24) is 25.2 Å². The average Bonchev–Trinajstić information content (AvgIpc) is 3.33. The number of hydrogen-bond donors (Lipinski definition) is 2. The molecule has 0 aliphatic carbocycles. The van der Waals surface area contributed by atoms with Gasteiger partial charge in [0.15, 0.2) is 0 Å². The molecule has 0 spiro atoms. The normalized spacial score (nSPS) is 19.3. The lowest BCUT2D eigenvalue weighted by Gasteiger charge is -2.22. The molecule has 4 heterocycles. The Labute approximate surface area is 176 Å². The van der Waals surface area contributed by atoms with E-state index >= 15 is 0 Å². The molecule has 1 saturated heterocycles. The second-order valence-corrected chi connectivity index (χ2v) is 7.68. The summed E-state index contributed by atoms with van der Waals surface area (Å²) in [4.78, 5) is 21.0. The van der Waals surface area contributed by atoms with Gasteiger partial charge in [0.25, 0.3) is 5.91 Å². The largest absolute Gasteiger partial charge is 0.417 e. The molecule has 3 aromatic heterocycles. The Morgan fingerprint density at radius 1 is 1.23 bits per heavy atom. The smallest absolute Gasteiger partial charge is 0.372 e. The van der Waals surface area contributed by atoms with E-state index in [1.165, 1.54) is 6.07 Å². The van der Waals surface area contributed by atoms with Gasteiger partial charge in [-0.15, -0.1) is 0 Å². The summed E-state index contributed by atoms with van der Waals surface area (Å²) < 4.78 is 45.9. The van der Waals surface area contributed by atoms with Crippen LogP contribution < -0.4 is 10.6 Å². The van der Waals surface area contributed by atoms with Crippen molar-refractivity contribution in [3.63, 3.8) is 0 Å². The number of rotatable bonds is 5. The Morgan fingerprint density at radius 2 is 2.03 bits per heavy atom. The third-order valence-electron chi connectivity index (χ3n) is 5.05. The minimum Gasteiger partial charge on any atom is -0.372 e. The fourth-order valence-electron chi connectivity index (χ4n) is 3.58. The number of pyridine rings is 2. The molecule has 3 aromatic rings. The summed E-state index contributed by atoms with van der Waals surface area (Å²) in [5, 5.41) is 6.89. The predicted molar refractivity (Wildman–Crippen MR) is 108 cm³/mol. The molecule has 0 bridgehead atoms. The number of amides is 1. The first-order valence-corrected chi connectivity index (χ1v) is 9.90. The number of carbonyl (C=O) groups excluding carboxylic acids is 1. The number of hydrogen-bond acceptors (Lipinski definition) is 5. The number of fused-ring (bicyclic) bond motifs is 1. The first-order valence-electron chi connectivity index (χ1n) is 9.90. The zero-order valence-electron chi connectivity index (χ0n) is 17.0. The van der Waals surface area contributed by atoms with Crippen LogP contribution in [0.15, 0.2) is 42.9 Å². The average molecular weight is 433 g/mol. The van der Waals surface area contributed by atoms with Crippen LogP contribution in [0.25, 0.3) is 16.7 Å². The molecule has 1 amide bonds. The highest BCUT2D eigenvalue weighted by atomic mass is 19.4. The number of ether oxygens (including phenoxy) is 1. The van der Waals surface area contributed by atoms with E-state index in [2.05, 4.69) is 20.6 Å². The zero-order chi connectivity index (χ0) is 22.2. The molecular weight excluding hydrogens is 411 g/mol. The summed E-state index contributed by atoms with van der Waals surface area (Å²) in [6, 6.07) is 5.45. The second-order valence-electron chi connectivity index (χ2n) is 7.68. The van der Waals surface area contributed by atoms with Gasteiger partial charge in [0.05, 0.1) is 29.3 Å². The van der Waals surface area contributed by atoms with Crippen LogP contribution in [0.1, 0.15) is 29.9 Å². The Morgan fingerprint density at radius 3 is 2.71 bits per heavy atom. The summed E-state index contributed by atoms with van der Waals surface area (Å²) in [6.07, 6.45) is -0.522. The van der Waals surface area contributed by atoms with Crippen LogP contribution in [0, 0.1) is 0 Å². The maximum absolute atomic E-state index is 12.8. The minimum atomic E-state index is -4.45. The third kappa shape index (κ3) is 4.54. The standard InChI is InChI=1S/C21H22F3N5O2/c1-12(2)31-18-11-25-10-16(18)28-20(30)15-7-17-13(8-26-15)5-6-29(17)19-4-3-14(9-27-19)21(22,23)24/h3-9,12,16,18,25H,10-11H2,1-2H3,(H,28,30)/t16-,18-/m1/s1. The molecule has 0 unspecified atom stereocenters. The molecule has 1 aliphatic rings. The number of carbonyl (C=O) groups is 1. The van der Waals surface area contributed by atoms with Crippen molar-refractivity contribution < 1.29 is 22.7 Å². The number of nitrogens with zero attached hydrogens (tertiary/aromatic N) is 3. The van der Waals surface area contributed by atoms with E-state index in [9.17, 15) is 18.0 Å². The third-order valence-corrected chi connectivity index (χ3v) is 5.05. The Bertz CT molecular complexity index is 1080. The number of alkyl halides is 3. The van der Waals surface area contributed by atoms with Gasteiger partial charge in [-0.2, -0.15) is 13.2 Å². The lowest BCUT2D eigenvalue weighted by atomic mass is 10.2. The van der Waals surface area contributed by atoms with Crippen LogP contribution in [-0.2, 0) is 10.9 Å². The summed E-state index contributed by atoms with van der Waals surface area (Å²) >= 11 is 0. The van der Waals surface area contributed by atoms with E-state index in [0.29, 0.717) is 24.4 Å². The van der Waals surface area contributed by atoms with Crippen molar-refractivity contribution in [2.45, 2.75) is 38.3 Å². The van der Waals surface area contributed by atoms with Crippen molar-refractivity contribution >= 4 is 16.8 Å². The lowest BCUT2D eigenvalue weighted by molar-refractivity contribution is -0.137. The molecule has 4 rings (SSSR count). The van der Waals surface area contributed by atoms with Gasteiger partial charge in [-0.3, -0.25) is 9.78 Å². The van der Waals surface area contributed by atoms with E-state index < -0.39 is 11.7 Å². The van der Waals surface area contributed by atoms with Gasteiger partial charge >= 0.3 is 6.18 Å². The molecule has 1 aliphatic heterocycles. The van der Waals surface area contributed by atoms with Gasteiger partial charge in [-0.05, 0) is 38.1 Å².